The Hall–Kier alpha value is -1.40. The number of aryl methyl sites for hydroxylation is 1. The number of hydrogen-bond acceptors (Lipinski definition) is 3. The Morgan fingerprint density at radius 1 is 1.16 bits per heavy atom. The van der Waals surface area contributed by atoms with Crippen molar-refractivity contribution < 1.29 is 13.2 Å². The summed E-state index contributed by atoms with van der Waals surface area (Å²) in [6, 6.07) is 7.98. The summed E-state index contributed by atoms with van der Waals surface area (Å²) in [5, 5.41) is 3.08. The molecule has 2 rings (SSSR count). The molecule has 1 aromatic carbocycles. The molecule has 0 spiro atoms. The van der Waals surface area contributed by atoms with Crippen LogP contribution in [0.25, 0.3) is 0 Å². The van der Waals surface area contributed by atoms with Gasteiger partial charge < -0.3 is 5.32 Å². The van der Waals surface area contributed by atoms with Crippen LogP contribution >= 0.6 is 0 Å². The van der Waals surface area contributed by atoms with Crippen LogP contribution in [0, 0.1) is 6.92 Å². The molecule has 0 bridgehead atoms. The number of nitrogens with one attached hydrogen (secondary N) is 1. The first-order chi connectivity index (χ1) is 11.9. The first-order valence-electron chi connectivity index (χ1n) is 9.15. The van der Waals surface area contributed by atoms with Crippen molar-refractivity contribution in [1.29, 1.82) is 0 Å². The van der Waals surface area contributed by atoms with E-state index < -0.39 is 10.0 Å². The fourth-order valence-corrected chi connectivity index (χ4v) is 4.09. The molecule has 1 aliphatic carbocycles. The number of hydrogen-bond donors (Lipinski definition) is 1. The van der Waals surface area contributed by atoms with Gasteiger partial charge in [-0.05, 0) is 30.9 Å². The lowest BCUT2D eigenvalue weighted by Crippen LogP contribution is -2.38. The molecule has 1 N–H and O–H groups in total. The maximum absolute atomic E-state index is 12.2. The van der Waals surface area contributed by atoms with Crippen LogP contribution in [0.2, 0.25) is 0 Å². The number of carbonyl (C=O) groups is 1. The molecule has 1 aromatic rings. The van der Waals surface area contributed by atoms with E-state index in [1.54, 1.807) is 0 Å². The molecular weight excluding hydrogens is 336 g/mol. The molecule has 0 atom stereocenters. The van der Waals surface area contributed by atoms with E-state index in [-0.39, 0.29) is 24.9 Å². The minimum Gasteiger partial charge on any atom is -0.353 e. The second kappa shape index (κ2) is 9.34. The van der Waals surface area contributed by atoms with Crippen LogP contribution in [0.15, 0.2) is 24.3 Å². The van der Waals surface area contributed by atoms with Crippen molar-refractivity contribution in [2.45, 2.75) is 64.5 Å². The largest absolute Gasteiger partial charge is 0.353 e. The van der Waals surface area contributed by atoms with Crippen LogP contribution in [-0.2, 0) is 21.4 Å². The van der Waals surface area contributed by atoms with Crippen molar-refractivity contribution in [2.24, 2.45) is 0 Å². The highest BCUT2D eigenvalue weighted by Gasteiger charge is 2.20. The SMILES string of the molecule is Cc1ccccc1CN(CCC(=O)NC1CCCCCC1)S(C)(=O)=O. The average Bonchev–Trinajstić information content (AvgIpc) is 2.80. The Morgan fingerprint density at radius 3 is 2.40 bits per heavy atom. The fourth-order valence-electron chi connectivity index (χ4n) is 3.29. The Balaban J connectivity index is 1.91. The van der Waals surface area contributed by atoms with Gasteiger partial charge in [0.2, 0.25) is 15.9 Å². The molecule has 25 heavy (non-hydrogen) atoms. The first-order valence-corrected chi connectivity index (χ1v) is 11.0. The van der Waals surface area contributed by atoms with Crippen molar-refractivity contribution in [3.63, 3.8) is 0 Å². The highest BCUT2D eigenvalue weighted by atomic mass is 32.2. The lowest BCUT2D eigenvalue weighted by molar-refractivity contribution is -0.122. The van der Waals surface area contributed by atoms with Gasteiger partial charge in [0.25, 0.3) is 0 Å². The average molecular weight is 367 g/mol. The van der Waals surface area contributed by atoms with Crippen molar-refractivity contribution in [3.05, 3.63) is 35.4 Å². The highest BCUT2D eigenvalue weighted by molar-refractivity contribution is 7.88. The van der Waals surface area contributed by atoms with Crippen molar-refractivity contribution in [2.75, 3.05) is 12.8 Å². The van der Waals surface area contributed by atoms with Gasteiger partial charge in [0.1, 0.15) is 0 Å². The van der Waals surface area contributed by atoms with Crippen LogP contribution in [0.4, 0.5) is 0 Å². The van der Waals surface area contributed by atoms with Gasteiger partial charge in [0.15, 0.2) is 0 Å². The smallest absolute Gasteiger partial charge is 0.221 e. The van der Waals surface area contributed by atoms with Crippen LogP contribution in [0.1, 0.15) is 56.1 Å². The minimum absolute atomic E-state index is 0.0506. The Labute approximate surface area is 151 Å². The number of rotatable bonds is 7. The number of carbonyl (C=O) groups excluding carboxylic acids is 1. The van der Waals surface area contributed by atoms with E-state index in [4.69, 9.17) is 0 Å². The molecule has 0 saturated heterocycles. The molecule has 0 radical (unpaired) electrons. The Kier molecular flexibility index (Phi) is 7.44. The van der Waals surface area contributed by atoms with Crippen LogP contribution in [0.5, 0.6) is 0 Å². The predicted molar refractivity (Wildman–Crippen MR) is 101 cm³/mol. The number of sulfonamides is 1. The number of nitrogens with zero attached hydrogens (tertiary/aromatic N) is 1. The summed E-state index contributed by atoms with van der Waals surface area (Å²) in [6.07, 6.45) is 8.27. The Morgan fingerprint density at radius 2 is 1.80 bits per heavy atom. The molecule has 140 valence electrons. The molecule has 5 nitrogen and oxygen atoms in total. The van der Waals surface area contributed by atoms with Gasteiger partial charge in [0.05, 0.1) is 6.26 Å². The third kappa shape index (κ3) is 6.78. The maximum atomic E-state index is 12.2. The first kappa shape index (κ1) is 19.9. The van der Waals surface area contributed by atoms with Crippen LogP contribution < -0.4 is 5.32 Å². The van der Waals surface area contributed by atoms with Crippen molar-refractivity contribution in [3.8, 4) is 0 Å². The van der Waals surface area contributed by atoms with E-state index >= 15 is 0 Å². The summed E-state index contributed by atoms with van der Waals surface area (Å²) in [5.74, 6) is -0.0506. The van der Waals surface area contributed by atoms with E-state index in [0.29, 0.717) is 6.54 Å². The zero-order valence-corrected chi connectivity index (χ0v) is 16.1. The zero-order chi connectivity index (χ0) is 18.3. The summed E-state index contributed by atoms with van der Waals surface area (Å²) in [6.45, 7) is 2.49. The number of amides is 1. The van der Waals surface area contributed by atoms with Gasteiger partial charge in [-0.15, -0.1) is 0 Å². The standard InChI is InChI=1S/C19H30N2O3S/c1-16-9-7-8-10-17(16)15-21(25(2,23)24)14-13-19(22)20-18-11-5-3-4-6-12-18/h7-10,18H,3-6,11-15H2,1-2H3,(H,20,22). The molecule has 1 aliphatic rings. The number of benzene rings is 1. The molecule has 0 unspecified atom stereocenters. The van der Waals surface area contributed by atoms with Crippen LogP contribution in [-0.4, -0.2) is 37.5 Å². The van der Waals surface area contributed by atoms with E-state index in [0.717, 1.165) is 36.8 Å². The van der Waals surface area contributed by atoms with Crippen molar-refractivity contribution >= 4 is 15.9 Å². The van der Waals surface area contributed by atoms with Gasteiger partial charge in [-0.2, -0.15) is 4.31 Å². The molecule has 6 heteroatoms. The summed E-state index contributed by atoms with van der Waals surface area (Å²) in [4.78, 5) is 12.2. The van der Waals surface area contributed by atoms with E-state index in [1.165, 1.54) is 23.4 Å². The third-order valence-corrected chi connectivity index (χ3v) is 6.14. The molecule has 0 heterocycles. The zero-order valence-electron chi connectivity index (χ0n) is 15.3. The van der Waals surface area contributed by atoms with Gasteiger partial charge in [-0.1, -0.05) is 49.9 Å². The fraction of sp³-hybridized carbons (Fsp3) is 0.632. The third-order valence-electron chi connectivity index (χ3n) is 4.89. The molecule has 0 aliphatic heterocycles. The summed E-state index contributed by atoms with van der Waals surface area (Å²) >= 11 is 0. The quantitative estimate of drug-likeness (QED) is 0.755. The van der Waals surface area contributed by atoms with Gasteiger partial charge in [0, 0.05) is 25.6 Å². The van der Waals surface area contributed by atoms with Crippen LogP contribution in [0.3, 0.4) is 0 Å². The minimum atomic E-state index is -3.36. The molecular formula is C19H30N2O3S. The highest BCUT2D eigenvalue weighted by Crippen LogP contribution is 2.17. The van der Waals surface area contributed by atoms with Gasteiger partial charge in [-0.25, -0.2) is 8.42 Å². The lowest BCUT2D eigenvalue weighted by Gasteiger charge is -2.22. The van der Waals surface area contributed by atoms with E-state index in [1.807, 2.05) is 31.2 Å². The molecule has 1 amide bonds. The summed E-state index contributed by atoms with van der Waals surface area (Å²) in [7, 11) is -3.36. The maximum Gasteiger partial charge on any atom is 0.221 e. The second-order valence-electron chi connectivity index (χ2n) is 7.03. The lowest BCUT2D eigenvalue weighted by atomic mass is 10.1. The molecule has 1 fully saturated rings. The summed E-state index contributed by atoms with van der Waals surface area (Å²) < 4.78 is 25.6. The second-order valence-corrected chi connectivity index (χ2v) is 9.01. The van der Waals surface area contributed by atoms with E-state index in [2.05, 4.69) is 5.32 Å². The normalized spacial score (nSPS) is 16.6. The topological polar surface area (TPSA) is 66.5 Å². The molecule has 1 saturated carbocycles. The monoisotopic (exact) mass is 366 g/mol. The molecule has 0 aromatic heterocycles. The predicted octanol–water partition coefficient (Wildman–Crippen LogP) is 2.99. The van der Waals surface area contributed by atoms with Gasteiger partial charge >= 0.3 is 0 Å². The van der Waals surface area contributed by atoms with Gasteiger partial charge in [-0.3, -0.25) is 4.79 Å². The van der Waals surface area contributed by atoms with E-state index in [9.17, 15) is 13.2 Å². The summed E-state index contributed by atoms with van der Waals surface area (Å²) in [5.41, 5.74) is 2.02. The van der Waals surface area contributed by atoms with Crippen molar-refractivity contribution in [1.82, 2.24) is 9.62 Å². The Bertz CT molecular complexity index is 665.